The van der Waals surface area contributed by atoms with Gasteiger partial charge in [-0.2, -0.15) is 0 Å². The monoisotopic (exact) mass is 503 g/mol. The minimum Gasteiger partial charge on any atom is -0.404 e. The summed E-state index contributed by atoms with van der Waals surface area (Å²) >= 11 is 0. The molecule has 3 heterocycles. The molecule has 10 heteroatoms. The fourth-order valence-electron chi connectivity index (χ4n) is 5.54. The van der Waals surface area contributed by atoms with Crippen LogP contribution in [0, 0.1) is 0 Å². The maximum atomic E-state index is 14.2. The lowest BCUT2D eigenvalue weighted by molar-refractivity contribution is -0.412. The number of nitrogens with zero attached hydrogens (tertiary/aromatic N) is 2. The number of rotatable bonds is 7. The van der Waals surface area contributed by atoms with Crippen LogP contribution in [-0.2, 0) is 11.2 Å². The number of carbonyl (C=O) groups excluding carboxylic acids is 1. The molecule has 8 N–H and O–H groups in total. The zero-order valence-electron chi connectivity index (χ0n) is 21.2. The highest BCUT2D eigenvalue weighted by Gasteiger charge is 2.34. The van der Waals surface area contributed by atoms with Crippen molar-refractivity contribution >= 4 is 23.4 Å². The minimum atomic E-state index is -2.65. The Morgan fingerprint density at radius 2 is 2.14 bits per heavy atom. The maximum absolute atomic E-state index is 14.2. The van der Waals surface area contributed by atoms with Gasteiger partial charge in [0.25, 0.3) is 6.43 Å². The molecule has 1 aromatic rings. The quantitative estimate of drug-likeness (QED) is 0.322. The Morgan fingerprint density at radius 3 is 2.78 bits per heavy atom. The summed E-state index contributed by atoms with van der Waals surface area (Å²) in [6.45, 7) is 5.35. The van der Waals surface area contributed by atoms with Crippen LogP contribution in [0.5, 0.6) is 0 Å². The molecular weight excluding hydrogens is 464 g/mol. The van der Waals surface area contributed by atoms with Crippen molar-refractivity contribution in [3.05, 3.63) is 46.3 Å². The molecule has 1 aromatic carbocycles. The summed E-state index contributed by atoms with van der Waals surface area (Å²) in [6.07, 6.45) is 3.53. The predicted molar refractivity (Wildman–Crippen MR) is 137 cm³/mol. The summed E-state index contributed by atoms with van der Waals surface area (Å²) in [6, 6.07) is 3.81. The van der Waals surface area contributed by atoms with Crippen LogP contribution in [0.15, 0.2) is 29.6 Å². The van der Waals surface area contributed by atoms with Crippen molar-refractivity contribution in [3.8, 4) is 0 Å². The van der Waals surface area contributed by atoms with Crippen molar-refractivity contribution in [2.45, 2.75) is 51.2 Å². The van der Waals surface area contributed by atoms with Crippen molar-refractivity contribution in [1.82, 2.24) is 15.5 Å². The van der Waals surface area contributed by atoms with E-state index in [1.165, 1.54) is 6.20 Å². The van der Waals surface area contributed by atoms with Crippen molar-refractivity contribution in [3.63, 3.8) is 0 Å². The lowest BCUT2D eigenvalue weighted by Gasteiger charge is -2.39. The fraction of sp³-hybridized carbons (Fsp3) is 0.538. The van der Waals surface area contributed by atoms with E-state index < -0.39 is 6.43 Å². The van der Waals surface area contributed by atoms with Crippen molar-refractivity contribution in [2.24, 2.45) is 5.73 Å². The predicted octanol–water partition coefficient (Wildman–Crippen LogP) is -0.517. The Morgan fingerprint density at radius 1 is 1.33 bits per heavy atom. The molecular formula is C26H39F2N7O+2. The zero-order chi connectivity index (χ0) is 25.8. The largest absolute Gasteiger partial charge is 0.404 e. The molecule has 0 aliphatic carbocycles. The molecule has 3 aliphatic rings. The smallest absolute Gasteiger partial charge is 0.264 e. The van der Waals surface area contributed by atoms with Crippen LogP contribution in [0.1, 0.15) is 49.3 Å². The Balaban J connectivity index is 1.73. The summed E-state index contributed by atoms with van der Waals surface area (Å²) in [4.78, 5) is 19.1. The lowest BCUT2D eigenvalue weighted by Crippen LogP contribution is -2.72. The highest BCUT2D eigenvalue weighted by molar-refractivity contribution is 6.07. The number of nitrogens with one attached hydrogen (secondary N) is 3. The summed E-state index contributed by atoms with van der Waals surface area (Å²) in [5.41, 5.74) is 15.2. The average molecular weight is 504 g/mol. The standard InChI is InChI=1S/C26H37F2N7O/c1-16(36)34-9-6-23(33-19-5-7-32-14-19)22(15-34)26(30)35-8-3-4-17-10-20(18(12-29)13-31-2)21(25(27)28)11-24(17)35/h10-13,19,25-26,32-33H,3-9,14-15,29-30H2,1-2H3/p+2. The van der Waals surface area contributed by atoms with Gasteiger partial charge in [0.15, 0.2) is 12.4 Å². The van der Waals surface area contributed by atoms with Crippen molar-refractivity contribution in [1.29, 1.82) is 0 Å². The van der Waals surface area contributed by atoms with Crippen LogP contribution in [0.25, 0.3) is 5.57 Å². The number of alkyl halides is 2. The second kappa shape index (κ2) is 11.4. The highest BCUT2D eigenvalue weighted by atomic mass is 19.3. The van der Waals surface area contributed by atoms with Gasteiger partial charge >= 0.3 is 0 Å². The first kappa shape index (κ1) is 26.1. The first-order valence-electron chi connectivity index (χ1n) is 12.8. The van der Waals surface area contributed by atoms with Crippen LogP contribution < -0.4 is 32.0 Å². The molecule has 1 fully saturated rings. The number of hydrogen-bond acceptors (Lipinski definition) is 5. The van der Waals surface area contributed by atoms with Gasteiger partial charge in [0.05, 0.1) is 12.1 Å². The Bertz CT molecular complexity index is 1060. The number of anilines is 1. The number of aryl methyl sites for hydroxylation is 1. The number of fused-ring (bicyclic) bond motifs is 1. The van der Waals surface area contributed by atoms with Crippen LogP contribution in [0.2, 0.25) is 0 Å². The number of allylic oxidation sites excluding steroid dienone is 1. The second-order valence-electron chi connectivity index (χ2n) is 9.77. The first-order valence-corrected chi connectivity index (χ1v) is 12.8. The zero-order valence-corrected chi connectivity index (χ0v) is 21.2. The molecule has 4 rings (SSSR count). The summed E-state index contributed by atoms with van der Waals surface area (Å²) in [7, 11) is 1.72. The van der Waals surface area contributed by atoms with Gasteiger partial charge in [-0.3, -0.25) is 9.79 Å². The van der Waals surface area contributed by atoms with E-state index in [1.54, 1.807) is 26.3 Å². The first-order chi connectivity index (χ1) is 17.3. The fourth-order valence-corrected chi connectivity index (χ4v) is 5.54. The third kappa shape index (κ3) is 5.39. The third-order valence-electron chi connectivity index (χ3n) is 7.47. The van der Waals surface area contributed by atoms with Gasteiger partial charge < -0.3 is 31.9 Å². The molecule has 0 radical (unpaired) electrons. The average Bonchev–Trinajstić information content (AvgIpc) is 3.39. The van der Waals surface area contributed by atoms with E-state index in [0.717, 1.165) is 61.3 Å². The molecule has 3 aliphatic heterocycles. The lowest BCUT2D eigenvalue weighted by atomic mass is 9.91. The van der Waals surface area contributed by atoms with Gasteiger partial charge in [-0.25, -0.2) is 8.78 Å². The third-order valence-corrected chi connectivity index (χ3v) is 7.47. The number of benzene rings is 1. The summed E-state index contributed by atoms with van der Waals surface area (Å²) in [5.74, 6) is 0.0341. The van der Waals surface area contributed by atoms with Gasteiger partial charge in [0, 0.05) is 67.7 Å². The molecule has 0 bridgehead atoms. The minimum absolute atomic E-state index is 0.0341. The van der Waals surface area contributed by atoms with Crippen LogP contribution in [-0.4, -0.2) is 69.0 Å². The molecule has 36 heavy (non-hydrogen) atoms. The van der Waals surface area contributed by atoms with Crippen molar-refractivity contribution < 1.29 is 24.3 Å². The van der Waals surface area contributed by atoms with Crippen LogP contribution in [0.3, 0.4) is 0 Å². The molecule has 2 unspecified atom stereocenters. The maximum Gasteiger partial charge on any atom is 0.264 e. The molecule has 8 nitrogen and oxygen atoms in total. The second-order valence-corrected chi connectivity index (χ2v) is 9.77. The van der Waals surface area contributed by atoms with Crippen LogP contribution in [0.4, 0.5) is 14.5 Å². The van der Waals surface area contributed by atoms with Gasteiger partial charge in [0.1, 0.15) is 7.05 Å². The molecule has 0 saturated carbocycles. The topological polar surface area (TPSA) is 115 Å². The van der Waals surface area contributed by atoms with E-state index >= 15 is 0 Å². The number of halogens is 2. The number of quaternary nitrogens is 1. The molecule has 196 valence electrons. The molecule has 2 atom stereocenters. The van der Waals surface area contributed by atoms with Gasteiger partial charge in [-0.05, 0) is 49.1 Å². The van der Waals surface area contributed by atoms with E-state index in [0.29, 0.717) is 36.8 Å². The number of hydrogen-bond donors (Lipinski definition) is 5. The summed E-state index contributed by atoms with van der Waals surface area (Å²) < 4.78 is 28.5. The normalized spacial score (nSPS) is 21.9. The molecule has 1 amide bonds. The SMILES string of the molecule is C[NH+]=CC(=CN)c1cc2c(cc1C(F)F)N(C([NH3+])C1=C(NC3CCNC3)CCN(C(C)=O)C1)CCC2. The van der Waals surface area contributed by atoms with Gasteiger partial charge in [0.2, 0.25) is 5.91 Å². The number of carbonyl (C=O) groups is 1. The van der Waals surface area contributed by atoms with E-state index in [-0.39, 0.29) is 17.6 Å². The Hall–Kier alpha value is -2.98. The van der Waals surface area contributed by atoms with Gasteiger partial charge in [-0.15, -0.1) is 0 Å². The molecule has 1 saturated heterocycles. The van der Waals surface area contributed by atoms with Crippen LogP contribution >= 0.6 is 0 Å². The van der Waals surface area contributed by atoms with Gasteiger partial charge in [-0.1, -0.05) is 0 Å². The van der Waals surface area contributed by atoms with E-state index in [4.69, 9.17) is 5.73 Å². The van der Waals surface area contributed by atoms with Crippen molar-refractivity contribution in [2.75, 3.05) is 44.7 Å². The van der Waals surface area contributed by atoms with E-state index in [2.05, 4.69) is 26.3 Å². The van der Waals surface area contributed by atoms with E-state index in [1.807, 2.05) is 11.0 Å². The Kier molecular flexibility index (Phi) is 8.25. The highest BCUT2D eigenvalue weighted by Crippen LogP contribution is 2.38. The van der Waals surface area contributed by atoms with E-state index in [9.17, 15) is 13.6 Å². The molecule has 0 aromatic heterocycles. The molecule has 0 spiro atoms. The number of nitrogens with two attached hydrogens (primary N) is 1. The Labute approximate surface area is 211 Å². The summed E-state index contributed by atoms with van der Waals surface area (Å²) in [5, 5.41) is 7.09. The number of amides is 1.